The van der Waals surface area contributed by atoms with Crippen molar-refractivity contribution in [3.05, 3.63) is 42.2 Å². The molecule has 164 valence electrons. The Bertz CT molecular complexity index is 924. The number of nitrogens with one attached hydrogen (secondary N) is 1. The number of amides is 1. The lowest BCUT2D eigenvalue weighted by Crippen LogP contribution is -2.38. The predicted octanol–water partition coefficient (Wildman–Crippen LogP) is 2.15. The van der Waals surface area contributed by atoms with Crippen LogP contribution in [0.25, 0.3) is 11.1 Å². The van der Waals surface area contributed by atoms with Crippen molar-refractivity contribution in [3.8, 4) is 17.1 Å². The van der Waals surface area contributed by atoms with Gasteiger partial charge in [0.25, 0.3) is 0 Å². The number of piperidine rings is 1. The first-order valence-corrected chi connectivity index (χ1v) is 10.2. The third kappa shape index (κ3) is 6.77. The molecule has 9 heteroatoms. The highest BCUT2D eigenvalue weighted by Crippen LogP contribution is 2.22. The number of rotatable bonds is 8. The Morgan fingerprint density at radius 3 is 2.55 bits per heavy atom. The molecular weight excluding hydrogens is 398 g/mol. The highest BCUT2D eigenvalue weighted by atomic mass is 16.5. The number of ether oxygens (including phenoxy) is 2. The van der Waals surface area contributed by atoms with Gasteiger partial charge in [0.2, 0.25) is 5.91 Å². The van der Waals surface area contributed by atoms with Crippen LogP contribution >= 0.6 is 0 Å². The SMILES string of the molecule is CC(=O)N1CCC(COc2ncc(-c3cccc(COC(=O)CC(=N)N)c3)cn2)CC1. The van der Waals surface area contributed by atoms with Crippen molar-refractivity contribution in [1.82, 2.24) is 14.9 Å². The van der Waals surface area contributed by atoms with Crippen LogP contribution < -0.4 is 10.5 Å². The lowest BCUT2D eigenvalue weighted by atomic mass is 9.98. The van der Waals surface area contributed by atoms with E-state index < -0.39 is 5.97 Å². The average molecular weight is 425 g/mol. The number of carbonyl (C=O) groups excluding carboxylic acids is 2. The van der Waals surface area contributed by atoms with E-state index in [0.717, 1.165) is 42.6 Å². The number of aromatic nitrogens is 2. The van der Waals surface area contributed by atoms with Crippen molar-refractivity contribution in [2.75, 3.05) is 19.7 Å². The van der Waals surface area contributed by atoms with Gasteiger partial charge in [0.1, 0.15) is 18.9 Å². The topological polar surface area (TPSA) is 131 Å². The van der Waals surface area contributed by atoms with Gasteiger partial charge in [-0.25, -0.2) is 9.97 Å². The van der Waals surface area contributed by atoms with Gasteiger partial charge >= 0.3 is 12.0 Å². The summed E-state index contributed by atoms with van der Waals surface area (Å²) >= 11 is 0. The molecule has 2 aromatic rings. The third-order valence-corrected chi connectivity index (χ3v) is 5.13. The molecule has 1 amide bonds. The number of esters is 1. The Balaban J connectivity index is 1.51. The summed E-state index contributed by atoms with van der Waals surface area (Å²) in [6.07, 6.45) is 5.01. The summed E-state index contributed by atoms with van der Waals surface area (Å²) < 4.78 is 10.9. The summed E-state index contributed by atoms with van der Waals surface area (Å²) in [5, 5.41) is 7.12. The molecule has 0 radical (unpaired) electrons. The largest absolute Gasteiger partial charge is 0.463 e. The smallest absolute Gasteiger partial charge is 0.316 e. The zero-order chi connectivity index (χ0) is 22.2. The standard InChI is InChI=1S/C22H27N5O4/c1-15(28)27-7-5-16(6-8-27)13-31-22-25-11-19(12-26-22)18-4-2-3-17(9-18)14-30-21(29)10-20(23)24/h2-4,9,11-12,16H,5-8,10,13-14H2,1H3,(H3,23,24). The molecule has 9 nitrogen and oxygen atoms in total. The van der Waals surface area contributed by atoms with E-state index in [1.807, 2.05) is 29.2 Å². The zero-order valence-corrected chi connectivity index (χ0v) is 17.5. The van der Waals surface area contributed by atoms with Crippen LogP contribution in [0.5, 0.6) is 6.01 Å². The number of benzene rings is 1. The van der Waals surface area contributed by atoms with E-state index in [1.165, 1.54) is 0 Å². The van der Waals surface area contributed by atoms with Gasteiger partial charge in [0, 0.05) is 38.0 Å². The van der Waals surface area contributed by atoms with Crippen LogP contribution in [0.15, 0.2) is 36.7 Å². The Morgan fingerprint density at radius 1 is 1.19 bits per heavy atom. The van der Waals surface area contributed by atoms with Crippen LogP contribution in [0, 0.1) is 11.3 Å². The summed E-state index contributed by atoms with van der Waals surface area (Å²) in [6.45, 7) is 3.77. The minimum atomic E-state index is -0.533. The number of hydrogen-bond donors (Lipinski definition) is 2. The quantitative estimate of drug-likeness (QED) is 0.376. The number of nitrogens with zero attached hydrogens (tertiary/aromatic N) is 3. The lowest BCUT2D eigenvalue weighted by molar-refractivity contribution is -0.143. The molecule has 31 heavy (non-hydrogen) atoms. The van der Waals surface area contributed by atoms with Crippen LogP contribution in [-0.2, 0) is 20.9 Å². The Labute approximate surface area is 181 Å². The normalized spacial score (nSPS) is 14.2. The van der Waals surface area contributed by atoms with E-state index in [9.17, 15) is 9.59 Å². The van der Waals surface area contributed by atoms with E-state index in [1.54, 1.807) is 19.3 Å². The first-order chi connectivity index (χ1) is 14.9. The molecule has 1 aliphatic heterocycles. The van der Waals surface area contributed by atoms with E-state index in [4.69, 9.17) is 20.6 Å². The predicted molar refractivity (Wildman–Crippen MR) is 114 cm³/mol. The maximum Gasteiger partial charge on any atom is 0.316 e. The van der Waals surface area contributed by atoms with Crippen LogP contribution in [0.3, 0.4) is 0 Å². The van der Waals surface area contributed by atoms with Crippen molar-refractivity contribution in [3.63, 3.8) is 0 Å². The van der Waals surface area contributed by atoms with Crippen molar-refractivity contribution >= 4 is 17.7 Å². The molecule has 0 aliphatic carbocycles. The second-order valence-corrected chi connectivity index (χ2v) is 7.58. The van der Waals surface area contributed by atoms with Gasteiger partial charge in [-0.1, -0.05) is 18.2 Å². The molecule has 1 aliphatic rings. The minimum absolute atomic E-state index is 0.102. The van der Waals surface area contributed by atoms with E-state index >= 15 is 0 Å². The molecule has 3 N–H and O–H groups in total. The maximum absolute atomic E-state index is 11.5. The lowest BCUT2D eigenvalue weighted by Gasteiger charge is -2.30. The van der Waals surface area contributed by atoms with Gasteiger partial charge in [-0.15, -0.1) is 0 Å². The molecule has 1 aromatic carbocycles. The van der Waals surface area contributed by atoms with Crippen LogP contribution in [0.2, 0.25) is 0 Å². The fourth-order valence-electron chi connectivity index (χ4n) is 3.36. The number of hydrogen-bond acceptors (Lipinski definition) is 7. The highest BCUT2D eigenvalue weighted by Gasteiger charge is 2.21. The second-order valence-electron chi connectivity index (χ2n) is 7.58. The Kier molecular flexibility index (Phi) is 7.53. The van der Waals surface area contributed by atoms with Crippen LogP contribution in [-0.4, -0.2) is 52.3 Å². The first-order valence-electron chi connectivity index (χ1n) is 10.2. The molecule has 0 unspecified atom stereocenters. The van der Waals surface area contributed by atoms with Crippen molar-refractivity contribution in [1.29, 1.82) is 5.41 Å². The van der Waals surface area contributed by atoms with E-state index in [0.29, 0.717) is 18.5 Å². The van der Waals surface area contributed by atoms with Crippen molar-refractivity contribution in [2.45, 2.75) is 32.8 Å². The zero-order valence-electron chi connectivity index (χ0n) is 17.5. The van der Waals surface area contributed by atoms with Gasteiger partial charge in [-0.2, -0.15) is 0 Å². The van der Waals surface area contributed by atoms with Gasteiger partial charge < -0.3 is 20.1 Å². The molecule has 0 atom stereocenters. The number of carbonyl (C=O) groups is 2. The van der Waals surface area contributed by atoms with Crippen molar-refractivity contribution in [2.24, 2.45) is 11.7 Å². The third-order valence-electron chi connectivity index (χ3n) is 5.13. The number of amidine groups is 1. The van der Waals surface area contributed by atoms with E-state index in [2.05, 4.69) is 9.97 Å². The average Bonchev–Trinajstić information content (AvgIpc) is 2.77. The summed E-state index contributed by atoms with van der Waals surface area (Å²) in [6, 6.07) is 7.85. The molecule has 1 saturated heterocycles. The maximum atomic E-state index is 11.5. The summed E-state index contributed by atoms with van der Waals surface area (Å²) in [4.78, 5) is 33.4. The summed E-state index contributed by atoms with van der Waals surface area (Å²) in [5.74, 6) is -0.243. The van der Waals surface area contributed by atoms with Crippen molar-refractivity contribution < 1.29 is 19.1 Å². The van der Waals surface area contributed by atoms with Gasteiger partial charge in [-0.05, 0) is 36.0 Å². The molecule has 0 bridgehead atoms. The Morgan fingerprint density at radius 2 is 1.90 bits per heavy atom. The second kappa shape index (κ2) is 10.5. The monoisotopic (exact) mass is 425 g/mol. The van der Waals surface area contributed by atoms with Gasteiger partial charge in [0.15, 0.2) is 0 Å². The fourth-order valence-corrected chi connectivity index (χ4v) is 3.36. The summed E-state index contributed by atoms with van der Waals surface area (Å²) in [5.41, 5.74) is 7.72. The van der Waals surface area contributed by atoms with Gasteiger partial charge in [-0.3, -0.25) is 15.0 Å². The minimum Gasteiger partial charge on any atom is -0.463 e. The molecular formula is C22H27N5O4. The molecule has 0 saturated carbocycles. The number of nitrogens with two attached hydrogens (primary N) is 1. The molecule has 2 heterocycles. The van der Waals surface area contributed by atoms with E-state index in [-0.39, 0.29) is 24.8 Å². The van der Waals surface area contributed by atoms with Crippen LogP contribution in [0.4, 0.5) is 0 Å². The van der Waals surface area contributed by atoms with Crippen LogP contribution in [0.1, 0.15) is 31.7 Å². The number of likely N-dealkylation sites (tertiary alicyclic amines) is 1. The Hall–Kier alpha value is -3.49. The molecule has 0 spiro atoms. The highest BCUT2D eigenvalue weighted by molar-refractivity contribution is 5.94. The molecule has 3 rings (SSSR count). The molecule has 1 fully saturated rings. The fraction of sp³-hybridized carbons (Fsp3) is 0.409. The first kappa shape index (κ1) is 22.2. The molecule has 1 aromatic heterocycles. The summed E-state index contributed by atoms with van der Waals surface area (Å²) in [7, 11) is 0. The van der Waals surface area contributed by atoms with Gasteiger partial charge in [0.05, 0.1) is 6.61 Å².